The normalized spacial score (nSPS) is 16.9. The van der Waals surface area contributed by atoms with Gasteiger partial charge in [0.2, 0.25) is 0 Å². The van der Waals surface area contributed by atoms with Crippen molar-refractivity contribution in [1.29, 1.82) is 0 Å². The molecule has 0 aromatic carbocycles. The Kier molecular flexibility index (Phi) is 3.06. The first-order chi connectivity index (χ1) is 6.56. The SMILES string of the molecule is C=C/C(=C(/NC1CC1)C(=C)C)[N+](=O)[O-]. The number of nitro groups is 1. The Labute approximate surface area is 83.2 Å². The van der Waals surface area contributed by atoms with E-state index in [0.717, 1.165) is 12.8 Å². The number of nitrogens with one attached hydrogen (secondary N) is 1. The molecule has 4 nitrogen and oxygen atoms in total. The molecule has 0 saturated heterocycles. The van der Waals surface area contributed by atoms with Crippen LogP contribution in [0.4, 0.5) is 0 Å². The predicted octanol–water partition coefficient (Wildman–Crippen LogP) is 1.99. The maximum absolute atomic E-state index is 10.7. The second kappa shape index (κ2) is 4.09. The fraction of sp³-hybridized carbons (Fsp3) is 0.400. The Balaban J connectivity index is 2.95. The van der Waals surface area contributed by atoms with E-state index >= 15 is 0 Å². The third-order valence-electron chi connectivity index (χ3n) is 2.00. The molecule has 1 N–H and O–H groups in total. The molecule has 76 valence electrons. The van der Waals surface area contributed by atoms with Gasteiger partial charge in [-0.2, -0.15) is 0 Å². The van der Waals surface area contributed by atoms with E-state index in [4.69, 9.17) is 0 Å². The zero-order chi connectivity index (χ0) is 10.7. The standard InChI is InChI=1S/C10H14N2O2/c1-4-9(12(13)14)10(7(2)3)11-8-5-6-8/h4,8,11H,1-2,5-6H2,3H3/b10-9-. The molecule has 1 saturated carbocycles. The Morgan fingerprint density at radius 2 is 2.21 bits per heavy atom. The molecule has 0 aromatic heterocycles. The van der Waals surface area contributed by atoms with E-state index in [1.807, 2.05) is 0 Å². The topological polar surface area (TPSA) is 55.2 Å². The predicted molar refractivity (Wildman–Crippen MR) is 55.2 cm³/mol. The van der Waals surface area contributed by atoms with Crippen molar-refractivity contribution >= 4 is 0 Å². The highest BCUT2D eigenvalue weighted by molar-refractivity contribution is 5.32. The second-order valence-corrected chi connectivity index (χ2v) is 3.42. The van der Waals surface area contributed by atoms with Crippen LogP contribution in [0.5, 0.6) is 0 Å². The molecule has 0 amide bonds. The maximum Gasteiger partial charge on any atom is 0.291 e. The summed E-state index contributed by atoms with van der Waals surface area (Å²) in [6, 6.07) is 0.372. The van der Waals surface area contributed by atoms with Crippen LogP contribution in [0.2, 0.25) is 0 Å². The largest absolute Gasteiger partial charge is 0.377 e. The van der Waals surface area contributed by atoms with Gasteiger partial charge in [0.15, 0.2) is 0 Å². The van der Waals surface area contributed by atoms with Crippen LogP contribution < -0.4 is 5.32 Å². The van der Waals surface area contributed by atoms with Crippen LogP contribution in [0, 0.1) is 10.1 Å². The molecule has 1 fully saturated rings. The van der Waals surface area contributed by atoms with Crippen LogP contribution in [-0.4, -0.2) is 11.0 Å². The number of hydrogen-bond acceptors (Lipinski definition) is 3. The Bertz CT molecular complexity index is 314. The van der Waals surface area contributed by atoms with Crippen LogP contribution in [0.3, 0.4) is 0 Å². The zero-order valence-corrected chi connectivity index (χ0v) is 8.25. The molecule has 0 aromatic rings. The molecule has 1 rings (SSSR count). The number of hydrogen-bond donors (Lipinski definition) is 1. The first kappa shape index (κ1) is 10.5. The number of rotatable bonds is 5. The Morgan fingerprint density at radius 3 is 2.50 bits per heavy atom. The monoisotopic (exact) mass is 194 g/mol. The van der Waals surface area contributed by atoms with Gasteiger partial charge in [0.05, 0.1) is 4.92 Å². The van der Waals surface area contributed by atoms with E-state index in [2.05, 4.69) is 18.5 Å². The minimum absolute atomic E-state index is 0.00407. The average molecular weight is 194 g/mol. The third-order valence-corrected chi connectivity index (χ3v) is 2.00. The van der Waals surface area contributed by atoms with E-state index < -0.39 is 4.92 Å². The lowest BCUT2D eigenvalue weighted by Crippen LogP contribution is -2.20. The molecule has 0 heterocycles. The van der Waals surface area contributed by atoms with Gasteiger partial charge in [-0.1, -0.05) is 13.2 Å². The summed E-state index contributed by atoms with van der Waals surface area (Å²) in [6.07, 6.45) is 3.39. The molecule has 0 atom stereocenters. The minimum Gasteiger partial charge on any atom is -0.377 e. The van der Waals surface area contributed by atoms with Gasteiger partial charge in [-0.15, -0.1) is 0 Å². The van der Waals surface area contributed by atoms with Crippen molar-refractivity contribution in [1.82, 2.24) is 5.32 Å². The van der Waals surface area contributed by atoms with Crippen molar-refractivity contribution in [3.63, 3.8) is 0 Å². The molecule has 0 spiro atoms. The lowest BCUT2D eigenvalue weighted by atomic mass is 10.2. The summed E-state index contributed by atoms with van der Waals surface area (Å²) in [6.45, 7) is 8.90. The van der Waals surface area contributed by atoms with Crippen LogP contribution >= 0.6 is 0 Å². The highest BCUT2D eigenvalue weighted by Crippen LogP contribution is 2.23. The molecule has 0 aliphatic heterocycles. The number of allylic oxidation sites excluding steroid dienone is 2. The van der Waals surface area contributed by atoms with Crippen molar-refractivity contribution in [2.75, 3.05) is 0 Å². The van der Waals surface area contributed by atoms with E-state index in [1.165, 1.54) is 6.08 Å². The van der Waals surface area contributed by atoms with Crippen LogP contribution in [-0.2, 0) is 0 Å². The lowest BCUT2D eigenvalue weighted by molar-refractivity contribution is -0.420. The van der Waals surface area contributed by atoms with Gasteiger partial charge in [-0.3, -0.25) is 10.1 Å². The molecule has 0 unspecified atom stereocenters. The summed E-state index contributed by atoms with van der Waals surface area (Å²) in [5.41, 5.74) is 1.18. The van der Waals surface area contributed by atoms with E-state index in [1.54, 1.807) is 6.92 Å². The Morgan fingerprint density at radius 1 is 1.64 bits per heavy atom. The van der Waals surface area contributed by atoms with Gasteiger partial charge in [-0.05, 0) is 25.3 Å². The van der Waals surface area contributed by atoms with Crippen LogP contribution in [0.1, 0.15) is 19.8 Å². The summed E-state index contributed by atoms with van der Waals surface area (Å²) in [5.74, 6) is 0. The van der Waals surface area contributed by atoms with E-state index in [9.17, 15) is 10.1 Å². The quantitative estimate of drug-likeness (QED) is 0.413. The molecule has 0 bridgehead atoms. The minimum atomic E-state index is -0.438. The van der Waals surface area contributed by atoms with Crippen LogP contribution in [0.15, 0.2) is 36.2 Å². The average Bonchev–Trinajstić information content (AvgIpc) is 2.86. The molecule has 14 heavy (non-hydrogen) atoms. The molecular formula is C10H14N2O2. The van der Waals surface area contributed by atoms with Gasteiger partial charge in [0.25, 0.3) is 5.70 Å². The van der Waals surface area contributed by atoms with Gasteiger partial charge in [0.1, 0.15) is 5.70 Å². The first-order valence-corrected chi connectivity index (χ1v) is 4.49. The molecule has 1 aliphatic carbocycles. The zero-order valence-electron chi connectivity index (χ0n) is 8.25. The van der Waals surface area contributed by atoms with Crippen molar-refractivity contribution in [3.05, 3.63) is 46.3 Å². The van der Waals surface area contributed by atoms with Crippen molar-refractivity contribution < 1.29 is 4.92 Å². The maximum atomic E-state index is 10.7. The van der Waals surface area contributed by atoms with Crippen molar-refractivity contribution in [3.8, 4) is 0 Å². The summed E-state index contributed by atoms with van der Waals surface area (Å²) in [4.78, 5) is 10.2. The summed E-state index contributed by atoms with van der Waals surface area (Å²) >= 11 is 0. The summed E-state index contributed by atoms with van der Waals surface area (Å²) < 4.78 is 0. The van der Waals surface area contributed by atoms with Gasteiger partial charge >= 0.3 is 0 Å². The first-order valence-electron chi connectivity index (χ1n) is 4.49. The highest BCUT2D eigenvalue weighted by atomic mass is 16.6. The van der Waals surface area contributed by atoms with E-state index in [0.29, 0.717) is 17.3 Å². The molecular weight excluding hydrogens is 180 g/mol. The van der Waals surface area contributed by atoms with Gasteiger partial charge < -0.3 is 5.32 Å². The molecule has 0 radical (unpaired) electrons. The van der Waals surface area contributed by atoms with Gasteiger partial charge in [0, 0.05) is 12.1 Å². The smallest absolute Gasteiger partial charge is 0.291 e. The summed E-state index contributed by atoms with van der Waals surface area (Å²) in [7, 11) is 0. The highest BCUT2D eigenvalue weighted by Gasteiger charge is 2.25. The van der Waals surface area contributed by atoms with Crippen LogP contribution in [0.25, 0.3) is 0 Å². The Hall–Kier alpha value is -1.58. The van der Waals surface area contributed by atoms with Crippen molar-refractivity contribution in [2.24, 2.45) is 0 Å². The second-order valence-electron chi connectivity index (χ2n) is 3.42. The van der Waals surface area contributed by atoms with Crippen molar-refractivity contribution in [2.45, 2.75) is 25.8 Å². The van der Waals surface area contributed by atoms with E-state index in [-0.39, 0.29) is 5.70 Å². The van der Waals surface area contributed by atoms with Gasteiger partial charge in [-0.25, -0.2) is 0 Å². The lowest BCUT2D eigenvalue weighted by Gasteiger charge is -2.08. The fourth-order valence-corrected chi connectivity index (χ4v) is 1.12. The molecule has 1 aliphatic rings. The molecule has 4 heteroatoms. The third kappa shape index (κ3) is 2.45. The number of nitrogens with zero attached hydrogens (tertiary/aromatic N) is 1. The summed E-state index contributed by atoms with van der Waals surface area (Å²) in [5, 5.41) is 13.8. The fourth-order valence-electron chi connectivity index (χ4n) is 1.12.